The highest BCUT2D eigenvalue weighted by Gasteiger charge is 2.35. The van der Waals surface area contributed by atoms with Gasteiger partial charge in [-0.3, -0.25) is 9.59 Å². The Bertz CT molecular complexity index is 1160. The number of thiazole rings is 1. The fourth-order valence-corrected chi connectivity index (χ4v) is 5.77. The Morgan fingerprint density at radius 1 is 1.22 bits per heavy atom. The molecule has 11 nitrogen and oxygen atoms in total. The number of methoxy groups -OCH3 is 1. The van der Waals surface area contributed by atoms with Gasteiger partial charge in [0, 0.05) is 39.0 Å². The van der Waals surface area contributed by atoms with Crippen molar-refractivity contribution in [1.82, 2.24) is 20.2 Å². The third-order valence-electron chi connectivity index (χ3n) is 6.31. The molecule has 0 bridgehead atoms. The number of esters is 1. The molecule has 2 aromatic rings. The van der Waals surface area contributed by atoms with Crippen molar-refractivity contribution in [1.29, 1.82) is 0 Å². The second-order valence-electron chi connectivity index (χ2n) is 8.64. The van der Waals surface area contributed by atoms with Crippen LogP contribution in [0.25, 0.3) is 0 Å². The van der Waals surface area contributed by atoms with E-state index in [0.717, 1.165) is 11.3 Å². The first-order valence-corrected chi connectivity index (χ1v) is 13.5. The number of piperidine rings is 1. The van der Waals surface area contributed by atoms with E-state index in [4.69, 9.17) is 37.4 Å². The van der Waals surface area contributed by atoms with Crippen molar-refractivity contribution in [3.05, 3.63) is 32.0 Å². The van der Waals surface area contributed by atoms with Gasteiger partial charge < -0.3 is 34.3 Å². The number of hydrogen-bond donors (Lipinski definition) is 2. The standard InChI is InChI=1S/C23H29Cl2N5O6S/c1-4-36-22(33)18-19(21(32)29-7-9-35-10-8-29)37-23(28-18)30-6-5-13(14(11-30)34-3)27-20(31)17-16(25)15(24)12(2)26-17/h13-14,26H,4-11H2,1-3H3,(H,27,31). The van der Waals surface area contributed by atoms with Gasteiger partial charge in [0.15, 0.2) is 10.8 Å². The molecule has 2 atom stereocenters. The third kappa shape index (κ3) is 5.88. The molecule has 2 N–H and O–H groups in total. The van der Waals surface area contributed by atoms with E-state index < -0.39 is 5.97 Å². The predicted molar refractivity (Wildman–Crippen MR) is 139 cm³/mol. The van der Waals surface area contributed by atoms with E-state index in [1.807, 2.05) is 4.90 Å². The maximum Gasteiger partial charge on any atom is 0.358 e. The molecule has 37 heavy (non-hydrogen) atoms. The minimum absolute atomic E-state index is 0.0105. The number of aryl methyl sites for hydroxylation is 1. The minimum atomic E-state index is -0.635. The summed E-state index contributed by atoms with van der Waals surface area (Å²) < 4.78 is 16.2. The summed E-state index contributed by atoms with van der Waals surface area (Å²) in [5.74, 6) is -1.28. The van der Waals surface area contributed by atoms with Crippen molar-refractivity contribution in [3.63, 3.8) is 0 Å². The molecule has 4 heterocycles. The number of halogens is 2. The lowest BCUT2D eigenvalue weighted by Gasteiger charge is -2.37. The molecule has 0 aromatic carbocycles. The van der Waals surface area contributed by atoms with Gasteiger partial charge in [-0.25, -0.2) is 9.78 Å². The van der Waals surface area contributed by atoms with Crippen LogP contribution in [-0.2, 0) is 14.2 Å². The molecule has 14 heteroatoms. The van der Waals surface area contributed by atoms with Crippen LogP contribution in [0, 0.1) is 6.92 Å². The summed E-state index contributed by atoms with van der Waals surface area (Å²) in [4.78, 5) is 50.0. The van der Waals surface area contributed by atoms with Gasteiger partial charge in [0.25, 0.3) is 11.8 Å². The molecule has 2 aliphatic rings. The van der Waals surface area contributed by atoms with Crippen LogP contribution in [0.3, 0.4) is 0 Å². The van der Waals surface area contributed by atoms with E-state index in [1.54, 1.807) is 25.9 Å². The van der Waals surface area contributed by atoms with Crippen LogP contribution < -0.4 is 10.2 Å². The summed E-state index contributed by atoms with van der Waals surface area (Å²) in [5, 5.41) is 3.98. The lowest BCUT2D eigenvalue weighted by atomic mass is 10.0. The Balaban J connectivity index is 1.51. The van der Waals surface area contributed by atoms with Crippen LogP contribution in [-0.4, -0.2) is 97.9 Å². The molecule has 2 saturated heterocycles. The molecule has 0 radical (unpaired) electrons. The summed E-state index contributed by atoms with van der Waals surface area (Å²) in [6.45, 7) is 6.29. The molecule has 202 valence electrons. The van der Waals surface area contributed by atoms with E-state index in [-0.39, 0.29) is 51.9 Å². The van der Waals surface area contributed by atoms with Gasteiger partial charge in [0.2, 0.25) is 0 Å². The van der Waals surface area contributed by atoms with Crippen molar-refractivity contribution < 1.29 is 28.6 Å². The first kappa shape index (κ1) is 27.6. The number of carbonyl (C=O) groups excluding carboxylic acids is 3. The first-order chi connectivity index (χ1) is 17.7. The van der Waals surface area contributed by atoms with Gasteiger partial charge in [0.05, 0.1) is 42.0 Å². The van der Waals surface area contributed by atoms with E-state index in [0.29, 0.717) is 61.7 Å². The molecule has 0 spiro atoms. The van der Waals surface area contributed by atoms with Crippen molar-refractivity contribution in [2.24, 2.45) is 0 Å². The summed E-state index contributed by atoms with van der Waals surface area (Å²) >= 11 is 13.5. The summed E-state index contributed by atoms with van der Waals surface area (Å²) in [7, 11) is 1.56. The average molecular weight is 574 g/mol. The number of carbonyl (C=O) groups is 3. The lowest BCUT2D eigenvalue weighted by Crippen LogP contribution is -2.55. The highest BCUT2D eigenvalue weighted by Crippen LogP contribution is 2.32. The van der Waals surface area contributed by atoms with E-state index in [9.17, 15) is 14.4 Å². The number of nitrogens with one attached hydrogen (secondary N) is 2. The molecule has 2 unspecified atom stereocenters. The average Bonchev–Trinajstić information content (AvgIpc) is 3.46. The Labute approximate surface area is 228 Å². The number of anilines is 1. The number of aromatic amines is 1. The molecule has 2 fully saturated rings. The monoisotopic (exact) mass is 573 g/mol. The normalized spacial score (nSPS) is 20.1. The molecule has 2 aromatic heterocycles. The van der Waals surface area contributed by atoms with Crippen LogP contribution in [0.2, 0.25) is 10.0 Å². The zero-order valence-corrected chi connectivity index (χ0v) is 23.1. The summed E-state index contributed by atoms with van der Waals surface area (Å²) in [6, 6.07) is -0.300. The van der Waals surface area contributed by atoms with Crippen molar-refractivity contribution in [2.45, 2.75) is 32.4 Å². The molecule has 2 amide bonds. The van der Waals surface area contributed by atoms with Gasteiger partial charge in [-0.15, -0.1) is 0 Å². The largest absolute Gasteiger partial charge is 0.461 e. The van der Waals surface area contributed by atoms with Crippen LogP contribution >= 0.6 is 34.5 Å². The smallest absolute Gasteiger partial charge is 0.358 e. The maximum absolute atomic E-state index is 13.2. The van der Waals surface area contributed by atoms with Gasteiger partial charge in [0.1, 0.15) is 10.6 Å². The molecule has 4 rings (SSSR count). The molecule has 0 aliphatic carbocycles. The Morgan fingerprint density at radius 2 is 1.95 bits per heavy atom. The predicted octanol–water partition coefficient (Wildman–Crippen LogP) is 2.76. The van der Waals surface area contributed by atoms with Gasteiger partial charge in [-0.2, -0.15) is 0 Å². The van der Waals surface area contributed by atoms with Crippen molar-refractivity contribution >= 4 is 57.5 Å². The van der Waals surface area contributed by atoms with Crippen LogP contribution in [0.5, 0.6) is 0 Å². The van der Waals surface area contributed by atoms with Crippen LogP contribution in [0.15, 0.2) is 0 Å². The third-order valence-corrected chi connectivity index (χ3v) is 8.36. The number of rotatable bonds is 7. The van der Waals surface area contributed by atoms with Crippen molar-refractivity contribution in [3.8, 4) is 0 Å². The highest BCUT2D eigenvalue weighted by atomic mass is 35.5. The second kappa shape index (κ2) is 12.0. The van der Waals surface area contributed by atoms with Crippen molar-refractivity contribution in [2.75, 3.05) is 58.0 Å². The number of aromatic nitrogens is 2. The summed E-state index contributed by atoms with van der Waals surface area (Å²) in [5.41, 5.74) is 0.821. The minimum Gasteiger partial charge on any atom is -0.461 e. The van der Waals surface area contributed by atoms with E-state index in [1.165, 1.54) is 0 Å². The maximum atomic E-state index is 13.2. The number of hydrogen-bond acceptors (Lipinski definition) is 9. The topological polar surface area (TPSA) is 126 Å². The van der Waals surface area contributed by atoms with Gasteiger partial charge in [-0.1, -0.05) is 34.5 Å². The van der Waals surface area contributed by atoms with Crippen LogP contribution in [0.1, 0.15) is 49.7 Å². The highest BCUT2D eigenvalue weighted by molar-refractivity contribution is 7.17. The zero-order chi connectivity index (χ0) is 26.7. The Morgan fingerprint density at radius 3 is 2.57 bits per heavy atom. The number of H-pyrrole nitrogens is 1. The molecule has 0 saturated carbocycles. The fourth-order valence-electron chi connectivity index (χ4n) is 4.30. The van der Waals surface area contributed by atoms with Crippen LogP contribution in [0.4, 0.5) is 5.13 Å². The summed E-state index contributed by atoms with van der Waals surface area (Å²) in [6.07, 6.45) is 0.160. The van der Waals surface area contributed by atoms with Gasteiger partial charge >= 0.3 is 5.97 Å². The van der Waals surface area contributed by atoms with Gasteiger partial charge in [-0.05, 0) is 20.3 Å². The molecule has 2 aliphatic heterocycles. The second-order valence-corrected chi connectivity index (χ2v) is 10.4. The lowest BCUT2D eigenvalue weighted by molar-refractivity contribution is 0.0301. The number of morpholine rings is 1. The fraction of sp³-hybridized carbons (Fsp3) is 0.565. The van der Waals surface area contributed by atoms with E-state index in [2.05, 4.69) is 15.3 Å². The molecular weight excluding hydrogens is 545 g/mol. The Hall–Kier alpha value is -2.38. The number of amides is 2. The SMILES string of the molecule is CCOC(=O)c1nc(N2CCC(NC(=O)c3[nH]c(C)c(Cl)c3Cl)C(OC)C2)sc1C(=O)N1CCOCC1. The molecular formula is C23H29Cl2N5O6S. The van der Waals surface area contributed by atoms with E-state index >= 15 is 0 Å². The first-order valence-electron chi connectivity index (χ1n) is 11.9. The quantitative estimate of drug-likeness (QED) is 0.484. The number of ether oxygens (including phenoxy) is 3. The number of nitrogens with zero attached hydrogens (tertiary/aromatic N) is 3. The zero-order valence-electron chi connectivity index (χ0n) is 20.8. The Kier molecular flexibility index (Phi) is 8.96.